The Morgan fingerprint density at radius 3 is 2.49 bits per heavy atom. The first-order chi connectivity index (χ1) is 18.4. The number of aromatic nitrogens is 2. The zero-order valence-electron chi connectivity index (χ0n) is 20.4. The van der Waals surface area contributed by atoms with Gasteiger partial charge in [0.05, 0.1) is 12.2 Å². The van der Waals surface area contributed by atoms with Gasteiger partial charge in [-0.15, -0.1) is 0 Å². The number of aromatic amines is 1. The molecule has 2 fully saturated rings. The van der Waals surface area contributed by atoms with E-state index in [0.29, 0.717) is 5.56 Å². The van der Waals surface area contributed by atoms with Gasteiger partial charge in [-0.1, -0.05) is 12.1 Å². The van der Waals surface area contributed by atoms with E-state index in [-0.39, 0.29) is 42.7 Å². The van der Waals surface area contributed by atoms with Gasteiger partial charge in [0.2, 0.25) is 0 Å². The average molecular weight is 579 g/mol. The van der Waals surface area contributed by atoms with Crippen LogP contribution < -0.4 is 22.3 Å². The van der Waals surface area contributed by atoms with Crippen molar-refractivity contribution >= 4 is 11.8 Å². The summed E-state index contributed by atoms with van der Waals surface area (Å²) in [6, 6.07) is 6.89. The summed E-state index contributed by atoms with van der Waals surface area (Å²) in [5.41, 5.74) is 0.469. The first-order valence-electron chi connectivity index (χ1n) is 12.0. The molecule has 0 radical (unpaired) electrons. The lowest BCUT2D eigenvalue weighted by molar-refractivity contribution is -0.213. The predicted molar refractivity (Wildman–Crippen MR) is 131 cm³/mol. The lowest BCUT2D eigenvalue weighted by Gasteiger charge is -2.28. The average Bonchev–Trinajstić information content (AvgIpc) is 3.38. The lowest BCUT2D eigenvalue weighted by atomic mass is 10.1. The Bertz CT molecular complexity index is 1210. The molecule has 3 heterocycles. The maximum atomic E-state index is 12.6. The Hall–Kier alpha value is -2.28. The molecule has 2 aliphatic rings. The molecule has 2 saturated heterocycles. The molecule has 0 aliphatic carbocycles. The summed E-state index contributed by atoms with van der Waals surface area (Å²) in [6.07, 6.45) is -7.63. The number of nitrogens with one attached hydrogen (secondary N) is 2. The Balaban J connectivity index is 1.45. The second kappa shape index (κ2) is 12.5. The van der Waals surface area contributed by atoms with Crippen molar-refractivity contribution in [3.05, 3.63) is 62.9 Å². The Kier molecular flexibility index (Phi) is 9.51. The highest BCUT2D eigenvalue weighted by atomic mass is 32.2. The molecule has 1 aromatic carbocycles. The highest BCUT2D eigenvalue weighted by Crippen LogP contribution is 2.37. The number of nitrogens with zero attached hydrogens (tertiary/aromatic N) is 1. The minimum atomic E-state index is -4.39. The van der Waals surface area contributed by atoms with Crippen LogP contribution >= 0.6 is 11.8 Å². The van der Waals surface area contributed by atoms with Gasteiger partial charge in [0.1, 0.15) is 24.4 Å². The van der Waals surface area contributed by atoms with Crippen LogP contribution in [-0.2, 0) is 20.8 Å². The highest BCUT2D eigenvalue weighted by Gasteiger charge is 2.46. The van der Waals surface area contributed by atoms with Gasteiger partial charge in [-0.25, -0.2) is 4.79 Å². The van der Waals surface area contributed by atoms with Crippen molar-refractivity contribution < 1.29 is 42.7 Å². The second-order valence-electron chi connectivity index (χ2n) is 9.14. The number of rotatable bonds is 10. The van der Waals surface area contributed by atoms with Crippen LogP contribution in [0, 0.1) is 0 Å². The Morgan fingerprint density at radius 1 is 1.15 bits per heavy atom. The van der Waals surface area contributed by atoms with Crippen molar-refractivity contribution in [1.29, 1.82) is 0 Å². The maximum Gasteiger partial charge on any atom is 0.446 e. The first kappa shape index (κ1) is 29.7. The molecule has 0 unspecified atom stereocenters. The monoisotopic (exact) mass is 578 g/mol. The molecule has 8 atom stereocenters. The van der Waals surface area contributed by atoms with E-state index in [4.69, 9.17) is 19.9 Å². The van der Waals surface area contributed by atoms with E-state index in [2.05, 4.69) is 10.3 Å². The molecule has 0 amide bonds. The topological polar surface area (TPSA) is 181 Å². The van der Waals surface area contributed by atoms with Gasteiger partial charge >= 0.3 is 11.2 Å². The number of thioether (sulfide) groups is 1. The summed E-state index contributed by atoms with van der Waals surface area (Å²) in [7, 11) is 0. The third kappa shape index (κ3) is 7.47. The molecule has 0 bridgehead atoms. The van der Waals surface area contributed by atoms with Crippen molar-refractivity contribution in [2.45, 2.75) is 72.5 Å². The fourth-order valence-electron chi connectivity index (χ4n) is 4.43. The van der Waals surface area contributed by atoms with Gasteiger partial charge in [0, 0.05) is 43.2 Å². The summed E-state index contributed by atoms with van der Waals surface area (Å²) in [5, 5.41) is 34.3. The lowest BCUT2D eigenvalue weighted by Crippen LogP contribution is -2.44. The smallest absolute Gasteiger partial charge is 0.388 e. The largest absolute Gasteiger partial charge is 0.446 e. The van der Waals surface area contributed by atoms with E-state index in [1.165, 1.54) is 30.5 Å². The molecule has 12 nitrogen and oxygen atoms in total. The highest BCUT2D eigenvalue weighted by molar-refractivity contribution is 8.00. The van der Waals surface area contributed by atoms with Crippen LogP contribution in [0.5, 0.6) is 0 Å². The molecular weight excluding hydrogens is 549 g/mol. The quantitative estimate of drug-likeness (QED) is 0.198. The van der Waals surface area contributed by atoms with E-state index < -0.39 is 65.9 Å². The normalized spacial score (nSPS) is 30.1. The zero-order chi connectivity index (χ0) is 28.3. The number of H-pyrrole nitrogens is 1. The maximum absolute atomic E-state index is 12.6. The molecule has 7 N–H and O–H groups in total. The van der Waals surface area contributed by atoms with Gasteiger partial charge in [-0.3, -0.25) is 14.3 Å². The van der Waals surface area contributed by atoms with E-state index in [0.717, 1.165) is 10.6 Å². The third-order valence-corrected chi connectivity index (χ3v) is 7.09. The van der Waals surface area contributed by atoms with Crippen LogP contribution in [0.4, 0.5) is 13.2 Å². The van der Waals surface area contributed by atoms with Crippen molar-refractivity contribution in [3.8, 4) is 0 Å². The fraction of sp³-hybridized carbons (Fsp3) is 0.565. The standard InChI is InChI=1S/C23H29F3N4O8S/c24-23(25,26)39-12-3-1-11(2-4-12)9-28-10-16(38-21-19(34)18(33)15(8-27)37-21)14-7-13(31)20(36-14)30-6-5-17(32)29-22(30)35/h1-6,13-16,18-21,28,31,33-34H,7-10,27H2,(H,29,32,35)/t13-,14+,15-,16+,18-,19-,20-,21+/m1/s1. The summed E-state index contributed by atoms with van der Waals surface area (Å²) in [5.74, 6) is 0. The van der Waals surface area contributed by atoms with Crippen LogP contribution in [0.1, 0.15) is 18.2 Å². The van der Waals surface area contributed by atoms with E-state index in [9.17, 15) is 38.1 Å². The summed E-state index contributed by atoms with van der Waals surface area (Å²) < 4.78 is 56.2. The number of aliphatic hydroxyl groups is 3. The van der Waals surface area contributed by atoms with E-state index in [1.807, 2.05) is 0 Å². The van der Waals surface area contributed by atoms with E-state index >= 15 is 0 Å². The Morgan fingerprint density at radius 2 is 1.87 bits per heavy atom. The number of benzene rings is 1. The summed E-state index contributed by atoms with van der Waals surface area (Å²) in [6.45, 7) is 0.232. The van der Waals surface area contributed by atoms with Crippen LogP contribution in [0.3, 0.4) is 0 Å². The number of hydrogen-bond acceptors (Lipinski definition) is 11. The van der Waals surface area contributed by atoms with Crippen molar-refractivity contribution in [2.75, 3.05) is 13.1 Å². The number of alkyl halides is 3. The van der Waals surface area contributed by atoms with Crippen molar-refractivity contribution in [3.63, 3.8) is 0 Å². The molecule has 216 valence electrons. The number of aliphatic hydroxyl groups excluding tert-OH is 3. The van der Waals surface area contributed by atoms with Crippen molar-refractivity contribution in [1.82, 2.24) is 14.9 Å². The number of hydrogen-bond donors (Lipinski definition) is 6. The summed E-state index contributed by atoms with van der Waals surface area (Å²) in [4.78, 5) is 25.8. The van der Waals surface area contributed by atoms with Crippen molar-refractivity contribution in [2.24, 2.45) is 5.73 Å². The van der Waals surface area contributed by atoms with E-state index in [1.54, 1.807) is 0 Å². The molecule has 2 aromatic rings. The predicted octanol–water partition coefficient (Wildman–Crippen LogP) is -0.623. The number of ether oxygens (including phenoxy) is 3. The third-order valence-electron chi connectivity index (χ3n) is 6.35. The SMILES string of the molecule is NC[C@H]1O[C@@H](O[C@@H](CNCc2ccc(SC(F)(F)F)cc2)[C@@H]2C[C@@H](O)[C@H](n3ccc(=O)[nH]c3=O)O2)[C@H](O)[C@@H]1O. The van der Waals surface area contributed by atoms with Gasteiger partial charge in [-0.05, 0) is 29.5 Å². The number of halogens is 3. The molecule has 16 heteroatoms. The molecular formula is C23H29F3N4O8S. The molecule has 2 aliphatic heterocycles. The fourth-order valence-corrected chi connectivity index (χ4v) is 4.97. The number of nitrogens with two attached hydrogens (primary N) is 1. The van der Waals surface area contributed by atoms with Crippen LogP contribution in [0.15, 0.2) is 51.0 Å². The summed E-state index contributed by atoms with van der Waals surface area (Å²) >= 11 is -0.216. The van der Waals surface area contributed by atoms with Gasteiger partial charge in [0.25, 0.3) is 5.56 Å². The zero-order valence-corrected chi connectivity index (χ0v) is 21.2. The van der Waals surface area contributed by atoms with Gasteiger partial charge in [-0.2, -0.15) is 13.2 Å². The van der Waals surface area contributed by atoms with Gasteiger partial charge in [0.15, 0.2) is 12.5 Å². The minimum Gasteiger partial charge on any atom is -0.388 e. The molecule has 4 rings (SSSR count). The first-order valence-corrected chi connectivity index (χ1v) is 12.8. The van der Waals surface area contributed by atoms with Crippen LogP contribution in [0.2, 0.25) is 0 Å². The molecule has 39 heavy (non-hydrogen) atoms. The van der Waals surface area contributed by atoms with Gasteiger partial charge < -0.3 is 40.6 Å². The Labute approximate surface area is 223 Å². The molecule has 0 saturated carbocycles. The minimum absolute atomic E-state index is 0.0115. The van der Waals surface area contributed by atoms with Crippen LogP contribution in [0.25, 0.3) is 0 Å². The second-order valence-corrected chi connectivity index (χ2v) is 10.3. The molecule has 1 aromatic heterocycles. The van der Waals surface area contributed by atoms with Crippen LogP contribution in [-0.4, -0.2) is 86.4 Å². The molecule has 0 spiro atoms.